The van der Waals surface area contributed by atoms with Crippen molar-refractivity contribution in [2.24, 2.45) is 10.9 Å². The lowest BCUT2D eigenvalue weighted by Crippen LogP contribution is -2.64. The molecule has 14 heteroatoms. The van der Waals surface area contributed by atoms with Crippen molar-refractivity contribution < 1.29 is 52.7 Å². The molecule has 1 aliphatic rings. The normalized spacial score (nSPS) is 20.4. The van der Waals surface area contributed by atoms with Gasteiger partial charge < -0.3 is 38.8 Å². The van der Waals surface area contributed by atoms with Gasteiger partial charge in [-0.15, -0.1) is 11.8 Å². The van der Waals surface area contributed by atoms with Gasteiger partial charge in [0.1, 0.15) is 5.04 Å². The predicted molar refractivity (Wildman–Crippen MR) is 139 cm³/mol. The van der Waals surface area contributed by atoms with Gasteiger partial charge in [0.25, 0.3) is 17.4 Å². The van der Waals surface area contributed by atoms with E-state index in [2.05, 4.69) is 10.3 Å². The summed E-state index contributed by atoms with van der Waals surface area (Å²) >= 11 is 0.907. The summed E-state index contributed by atoms with van der Waals surface area (Å²) < 4.78 is 31.5. The number of amides is 1. The average molecular weight is 571 g/mol. The van der Waals surface area contributed by atoms with Gasteiger partial charge in [0.15, 0.2) is 6.29 Å². The number of ether oxygens (including phenoxy) is 6. The summed E-state index contributed by atoms with van der Waals surface area (Å²) in [4.78, 5) is 56.0. The summed E-state index contributed by atoms with van der Waals surface area (Å²) in [6, 6.07) is 5.74. The Kier molecular flexibility index (Phi) is 11.9. The van der Waals surface area contributed by atoms with Crippen LogP contribution in [0.2, 0.25) is 0 Å². The lowest BCUT2D eigenvalue weighted by atomic mass is 9.96. The van der Waals surface area contributed by atoms with Gasteiger partial charge in [-0.1, -0.05) is 12.1 Å². The molecule has 216 valence electrons. The summed E-state index contributed by atoms with van der Waals surface area (Å²) in [6.45, 7) is 5.33. The summed E-state index contributed by atoms with van der Waals surface area (Å²) in [6.07, 6.45) is -1.05. The van der Waals surface area contributed by atoms with Crippen LogP contribution in [0.1, 0.15) is 41.5 Å². The highest BCUT2D eigenvalue weighted by atomic mass is 32.2. The van der Waals surface area contributed by atoms with Gasteiger partial charge >= 0.3 is 17.9 Å². The van der Waals surface area contributed by atoms with E-state index in [9.17, 15) is 24.3 Å². The van der Waals surface area contributed by atoms with E-state index in [-0.39, 0.29) is 41.7 Å². The fourth-order valence-corrected chi connectivity index (χ4v) is 5.15. The fraction of sp³-hybridized carbons (Fsp3) is 0.560. The lowest BCUT2D eigenvalue weighted by molar-refractivity contribution is -0.214. The first-order chi connectivity index (χ1) is 18.6. The second-order valence-electron chi connectivity index (χ2n) is 7.93. The Hall–Kier alpha value is -3.04. The van der Waals surface area contributed by atoms with E-state index in [4.69, 9.17) is 28.4 Å². The number of nitrogens with zero attached hydrogens (tertiary/aromatic N) is 1. The molecule has 0 radical (unpaired) electrons. The van der Waals surface area contributed by atoms with Gasteiger partial charge in [-0.25, -0.2) is 19.4 Å². The molecule has 3 unspecified atom stereocenters. The molecule has 1 amide bonds. The van der Waals surface area contributed by atoms with Crippen LogP contribution in [0.4, 0.5) is 0 Å². The van der Waals surface area contributed by atoms with Crippen molar-refractivity contribution in [2.45, 2.75) is 38.5 Å². The minimum absolute atomic E-state index is 0.0600. The fourth-order valence-electron chi connectivity index (χ4n) is 3.80. The molecule has 1 heterocycles. The van der Waals surface area contributed by atoms with E-state index in [1.165, 1.54) is 24.3 Å². The third-order valence-corrected chi connectivity index (χ3v) is 6.88. The molecule has 0 saturated carbocycles. The monoisotopic (exact) mass is 570 g/mol. The minimum Gasteiger partial charge on any atom is -0.465 e. The molecule has 0 fully saturated rings. The Balaban J connectivity index is 2.67. The van der Waals surface area contributed by atoms with Crippen LogP contribution < -0.4 is 5.32 Å². The van der Waals surface area contributed by atoms with Crippen molar-refractivity contribution in [1.82, 2.24) is 5.32 Å². The third kappa shape index (κ3) is 6.76. The maximum atomic E-state index is 13.4. The van der Waals surface area contributed by atoms with E-state index in [0.717, 1.165) is 33.1 Å². The number of thioether (sulfide) groups is 1. The highest BCUT2D eigenvalue weighted by Crippen LogP contribution is 2.39. The Morgan fingerprint density at radius 3 is 2.18 bits per heavy atom. The molecule has 39 heavy (non-hydrogen) atoms. The minimum atomic E-state index is -2.59. The molecule has 1 aromatic rings. The van der Waals surface area contributed by atoms with Crippen LogP contribution in [-0.2, 0) is 38.0 Å². The number of aliphatic imine (C=N–C) groups is 1. The number of nitrogens with one attached hydrogen (secondary N) is 1. The number of esters is 3. The van der Waals surface area contributed by atoms with Crippen molar-refractivity contribution in [3.05, 3.63) is 35.4 Å². The van der Waals surface area contributed by atoms with Crippen LogP contribution >= 0.6 is 11.8 Å². The first-order valence-corrected chi connectivity index (χ1v) is 13.1. The zero-order chi connectivity index (χ0) is 29.2. The molecule has 0 saturated heterocycles. The SMILES string of the molecule is CCOC(=O)C1(O)N=C(C(NC(=O)c2ccccc2C(=O)OC)(OC)C(=O)OC)SCC1C(OCC)OCC. The molecule has 2 N–H and O–H groups in total. The Morgan fingerprint density at radius 2 is 1.67 bits per heavy atom. The molecule has 1 aromatic carbocycles. The van der Waals surface area contributed by atoms with Crippen LogP contribution in [0.25, 0.3) is 0 Å². The van der Waals surface area contributed by atoms with E-state index in [1.54, 1.807) is 20.8 Å². The topological polar surface area (TPSA) is 168 Å². The van der Waals surface area contributed by atoms with Gasteiger partial charge in [0, 0.05) is 26.1 Å². The molecular weight excluding hydrogens is 536 g/mol. The number of methoxy groups -OCH3 is 3. The van der Waals surface area contributed by atoms with Gasteiger partial charge in [-0.05, 0) is 32.9 Å². The number of carbonyl (C=O) groups is 4. The summed E-state index contributed by atoms with van der Waals surface area (Å²) in [5.74, 6) is -5.06. The van der Waals surface area contributed by atoms with Crippen molar-refractivity contribution in [3.63, 3.8) is 0 Å². The first kappa shape index (κ1) is 32.2. The summed E-state index contributed by atoms with van der Waals surface area (Å²) in [7, 11) is 3.31. The number of aliphatic hydroxyl groups is 1. The molecule has 0 aliphatic carbocycles. The molecule has 0 aromatic heterocycles. The lowest BCUT2D eigenvalue weighted by Gasteiger charge is -2.41. The Bertz CT molecular complexity index is 1080. The number of hydrogen-bond donors (Lipinski definition) is 2. The smallest absolute Gasteiger partial charge is 0.366 e. The molecule has 3 atom stereocenters. The summed E-state index contributed by atoms with van der Waals surface area (Å²) in [5, 5.41) is 13.7. The van der Waals surface area contributed by atoms with Crippen LogP contribution in [0, 0.1) is 5.92 Å². The van der Waals surface area contributed by atoms with Crippen molar-refractivity contribution in [2.75, 3.05) is 46.9 Å². The Morgan fingerprint density at radius 1 is 1.05 bits per heavy atom. The second-order valence-corrected chi connectivity index (χ2v) is 8.94. The van der Waals surface area contributed by atoms with E-state index in [1.807, 2.05) is 0 Å². The average Bonchev–Trinajstić information content (AvgIpc) is 2.95. The number of rotatable bonds is 13. The largest absolute Gasteiger partial charge is 0.465 e. The highest BCUT2D eigenvalue weighted by molar-refractivity contribution is 8.14. The van der Waals surface area contributed by atoms with Crippen molar-refractivity contribution in [3.8, 4) is 0 Å². The molecule has 13 nitrogen and oxygen atoms in total. The molecule has 1 aliphatic heterocycles. The standard InChI is InChI=1S/C25H34N2O11S/c1-7-36-20(37-8-2)17-14-39-21(27-24(17,32)22(30)38-9-3)25(35-6,23(31)34-5)26-18(28)15-12-10-11-13-16(15)19(29)33-4/h10-13,17,20,32H,7-9,14H2,1-6H3,(H,26,28). The Labute approximate surface area is 230 Å². The van der Waals surface area contributed by atoms with Crippen LogP contribution in [-0.4, -0.2) is 98.6 Å². The molecular formula is C25H34N2O11S. The van der Waals surface area contributed by atoms with Crippen molar-refractivity contribution in [1.29, 1.82) is 0 Å². The number of benzene rings is 1. The first-order valence-electron chi connectivity index (χ1n) is 12.1. The van der Waals surface area contributed by atoms with Gasteiger partial charge in [-0.3, -0.25) is 4.79 Å². The van der Waals surface area contributed by atoms with E-state index in [0.29, 0.717) is 0 Å². The van der Waals surface area contributed by atoms with Gasteiger partial charge in [0.05, 0.1) is 37.9 Å². The van der Waals surface area contributed by atoms with Gasteiger partial charge in [0.2, 0.25) is 0 Å². The predicted octanol–water partition coefficient (Wildman–Crippen LogP) is 1.13. The quantitative estimate of drug-likeness (QED) is 0.197. The van der Waals surface area contributed by atoms with E-state index >= 15 is 0 Å². The zero-order valence-electron chi connectivity index (χ0n) is 22.7. The highest BCUT2D eigenvalue weighted by Gasteiger charge is 2.58. The van der Waals surface area contributed by atoms with Crippen LogP contribution in [0.3, 0.4) is 0 Å². The maximum Gasteiger partial charge on any atom is 0.366 e. The second kappa shape index (κ2) is 14.4. The molecule has 2 rings (SSSR count). The van der Waals surface area contributed by atoms with Crippen LogP contribution in [0.15, 0.2) is 29.3 Å². The maximum absolute atomic E-state index is 13.4. The van der Waals surface area contributed by atoms with E-state index < -0.39 is 47.5 Å². The van der Waals surface area contributed by atoms with Crippen molar-refractivity contribution >= 4 is 40.6 Å². The summed E-state index contributed by atoms with van der Waals surface area (Å²) in [5.41, 5.74) is -5.22. The van der Waals surface area contributed by atoms with Gasteiger partial charge in [-0.2, -0.15) is 0 Å². The molecule has 0 spiro atoms. The number of carbonyl (C=O) groups excluding carboxylic acids is 4. The third-order valence-electron chi connectivity index (χ3n) is 5.70. The number of hydrogen-bond acceptors (Lipinski definition) is 13. The molecule has 0 bridgehead atoms. The zero-order valence-corrected chi connectivity index (χ0v) is 23.5. The van der Waals surface area contributed by atoms with Crippen LogP contribution in [0.5, 0.6) is 0 Å².